The Morgan fingerprint density at radius 3 is 2.26 bits per heavy atom. The van der Waals surface area contributed by atoms with E-state index in [4.69, 9.17) is 0 Å². The van der Waals surface area contributed by atoms with Gasteiger partial charge in [-0.15, -0.1) is 0 Å². The van der Waals surface area contributed by atoms with Crippen LogP contribution in [0.3, 0.4) is 0 Å². The lowest BCUT2D eigenvalue weighted by Gasteiger charge is -2.30. The molecule has 1 N–H and O–H groups in total. The predicted molar refractivity (Wildman–Crippen MR) is 128 cm³/mol. The Bertz CT molecular complexity index is 1220. The number of benzene rings is 2. The zero-order chi connectivity index (χ0) is 22.2. The van der Waals surface area contributed by atoms with Gasteiger partial charge in [0.15, 0.2) is 0 Å². The van der Waals surface area contributed by atoms with Crippen molar-refractivity contribution < 1.29 is 13.5 Å². The molecule has 6 heteroatoms. The lowest BCUT2D eigenvalue weighted by Crippen LogP contribution is -2.44. The number of aromatic nitrogens is 1. The van der Waals surface area contributed by atoms with E-state index in [9.17, 15) is 13.5 Å². The first-order chi connectivity index (χ1) is 14.8. The number of hydrogen-bond donors (Lipinski definition) is 1. The molecular weight excluding hydrogens is 408 g/mol. The van der Waals surface area contributed by atoms with Crippen LogP contribution in [0.4, 0.5) is 0 Å². The zero-order valence-corrected chi connectivity index (χ0v) is 19.1. The zero-order valence-electron chi connectivity index (χ0n) is 18.3. The third kappa shape index (κ3) is 4.20. The van der Waals surface area contributed by atoms with Crippen molar-refractivity contribution in [2.75, 3.05) is 12.8 Å². The van der Waals surface area contributed by atoms with Crippen LogP contribution in [0.25, 0.3) is 21.8 Å². The van der Waals surface area contributed by atoms with Crippen LogP contribution in [0.1, 0.15) is 26.7 Å². The molecular formula is C25H30N2O3S. The van der Waals surface area contributed by atoms with Gasteiger partial charge in [-0.2, -0.15) is 4.31 Å². The molecule has 4 rings (SSSR count). The van der Waals surface area contributed by atoms with Crippen molar-refractivity contribution >= 4 is 31.8 Å². The van der Waals surface area contributed by atoms with Crippen LogP contribution in [-0.2, 0) is 16.6 Å². The summed E-state index contributed by atoms with van der Waals surface area (Å²) in [5, 5.41) is 13.3. The van der Waals surface area contributed by atoms with Gasteiger partial charge in [-0.25, -0.2) is 8.42 Å². The summed E-state index contributed by atoms with van der Waals surface area (Å²) in [7, 11) is -3.49. The van der Waals surface area contributed by atoms with Crippen LogP contribution in [0.2, 0.25) is 0 Å². The Kier molecular flexibility index (Phi) is 6.06. The van der Waals surface area contributed by atoms with Gasteiger partial charge >= 0.3 is 0 Å². The molecule has 0 bridgehead atoms. The second-order valence-corrected chi connectivity index (χ2v) is 10.4. The van der Waals surface area contributed by atoms with Crippen LogP contribution in [0.5, 0.6) is 0 Å². The predicted octanol–water partition coefficient (Wildman–Crippen LogP) is 4.47. The van der Waals surface area contributed by atoms with E-state index >= 15 is 0 Å². The topological polar surface area (TPSA) is 62.5 Å². The fraction of sp³-hybridized carbons (Fsp3) is 0.360. The van der Waals surface area contributed by atoms with Gasteiger partial charge in [0, 0.05) is 28.4 Å². The third-order valence-corrected chi connectivity index (χ3v) is 7.48. The smallest absolute Gasteiger partial charge is 0.211 e. The molecule has 0 radical (unpaired) electrons. The number of sulfonamides is 1. The van der Waals surface area contributed by atoms with Crippen molar-refractivity contribution in [1.82, 2.24) is 8.87 Å². The van der Waals surface area contributed by atoms with E-state index in [1.807, 2.05) is 55.5 Å². The molecule has 0 amide bonds. The molecule has 3 aromatic rings. The Labute approximate surface area is 184 Å². The molecule has 2 atom stereocenters. The third-order valence-electron chi connectivity index (χ3n) is 6.23. The highest BCUT2D eigenvalue weighted by atomic mass is 32.2. The summed E-state index contributed by atoms with van der Waals surface area (Å²) >= 11 is 0. The van der Waals surface area contributed by atoms with Crippen LogP contribution >= 0.6 is 0 Å². The number of aliphatic hydroxyl groups is 1. The molecule has 1 aliphatic rings. The van der Waals surface area contributed by atoms with Crippen molar-refractivity contribution in [1.29, 1.82) is 0 Å². The summed E-state index contributed by atoms with van der Waals surface area (Å²) in [5.41, 5.74) is 4.35. The number of rotatable bonds is 7. The highest BCUT2D eigenvalue weighted by Crippen LogP contribution is 2.33. The standard InChI is InChI=1S/C25H30N2O3S/c1-4-9-20-18(2)14-15-25(20)27(31(3,29)30)17-19(28)16-26-23-12-7-5-10-21(23)22-11-6-8-13-24(22)26/h4-13,19,25,28H,14-17H2,1-3H3/b9-4-. The summed E-state index contributed by atoms with van der Waals surface area (Å²) in [5.74, 6) is 0. The molecule has 0 saturated heterocycles. The van der Waals surface area contributed by atoms with E-state index in [2.05, 4.69) is 23.6 Å². The number of nitrogens with zero attached hydrogens (tertiary/aromatic N) is 2. The fourth-order valence-electron chi connectivity index (χ4n) is 4.84. The van der Waals surface area contributed by atoms with Gasteiger partial charge < -0.3 is 9.67 Å². The normalized spacial score (nSPS) is 18.8. The molecule has 0 spiro atoms. The molecule has 2 unspecified atom stereocenters. The SMILES string of the molecule is C/C=C\C1=C(C)CCC1N(CC(O)Cn1c2ccccc2c2ccccc21)S(C)(=O)=O. The van der Waals surface area contributed by atoms with E-state index in [0.29, 0.717) is 6.54 Å². The molecule has 1 aromatic heterocycles. The monoisotopic (exact) mass is 438 g/mol. The summed E-state index contributed by atoms with van der Waals surface area (Å²) in [6, 6.07) is 16.0. The number of allylic oxidation sites excluding steroid dienone is 2. The fourth-order valence-corrected chi connectivity index (χ4v) is 5.96. The Morgan fingerprint density at radius 1 is 1.13 bits per heavy atom. The highest BCUT2D eigenvalue weighted by molar-refractivity contribution is 7.88. The molecule has 2 aromatic carbocycles. The largest absolute Gasteiger partial charge is 0.390 e. The lowest BCUT2D eigenvalue weighted by molar-refractivity contribution is 0.122. The molecule has 0 saturated carbocycles. The molecule has 0 fully saturated rings. The summed E-state index contributed by atoms with van der Waals surface area (Å²) in [6.07, 6.45) is 5.99. The molecule has 31 heavy (non-hydrogen) atoms. The molecule has 164 valence electrons. The maximum atomic E-state index is 12.7. The van der Waals surface area contributed by atoms with Gasteiger partial charge in [-0.1, -0.05) is 54.1 Å². The molecule has 1 aliphatic carbocycles. The Balaban J connectivity index is 1.66. The first-order valence-corrected chi connectivity index (χ1v) is 12.6. The minimum absolute atomic E-state index is 0.0681. The number of aliphatic hydroxyl groups excluding tert-OH is 1. The number of hydrogen-bond acceptors (Lipinski definition) is 3. The highest BCUT2D eigenvalue weighted by Gasteiger charge is 2.34. The van der Waals surface area contributed by atoms with E-state index < -0.39 is 16.1 Å². The molecule has 5 nitrogen and oxygen atoms in total. The van der Waals surface area contributed by atoms with Crippen LogP contribution < -0.4 is 0 Å². The Morgan fingerprint density at radius 2 is 1.71 bits per heavy atom. The summed E-state index contributed by atoms with van der Waals surface area (Å²) < 4.78 is 29.0. The van der Waals surface area contributed by atoms with Crippen molar-refractivity contribution in [3.63, 3.8) is 0 Å². The average Bonchev–Trinajstić information content (AvgIpc) is 3.25. The summed E-state index contributed by atoms with van der Waals surface area (Å²) in [4.78, 5) is 0. The van der Waals surface area contributed by atoms with Gasteiger partial charge in [0.25, 0.3) is 0 Å². The molecule has 1 heterocycles. The minimum atomic E-state index is -3.49. The van der Waals surface area contributed by atoms with Gasteiger partial charge in [0.05, 0.1) is 24.9 Å². The van der Waals surface area contributed by atoms with Crippen LogP contribution in [0, 0.1) is 0 Å². The minimum Gasteiger partial charge on any atom is -0.390 e. The maximum absolute atomic E-state index is 12.7. The molecule has 0 aliphatic heterocycles. The maximum Gasteiger partial charge on any atom is 0.211 e. The number of fused-ring (bicyclic) bond motifs is 3. The second kappa shape index (κ2) is 8.61. The second-order valence-electron chi connectivity index (χ2n) is 8.42. The summed E-state index contributed by atoms with van der Waals surface area (Å²) in [6.45, 7) is 4.40. The van der Waals surface area contributed by atoms with Gasteiger partial charge in [-0.3, -0.25) is 0 Å². The van der Waals surface area contributed by atoms with E-state index in [1.54, 1.807) is 0 Å². The van der Waals surface area contributed by atoms with Crippen molar-refractivity contribution in [2.45, 2.75) is 45.4 Å². The Hall–Kier alpha value is -2.41. The van der Waals surface area contributed by atoms with E-state index in [1.165, 1.54) is 16.1 Å². The first-order valence-electron chi connectivity index (χ1n) is 10.7. The van der Waals surface area contributed by atoms with Gasteiger partial charge in [-0.05, 0) is 44.4 Å². The van der Waals surface area contributed by atoms with Crippen molar-refractivity contribution in [2.24, 2.45) is 0 Å². The lowest BCUT2D eigenvalue weighted by atomic mass is 10.1. The average molecular weight is 439 g/mol. The van der Waals surface area contributed by atoms with E-state index in [-0.39, 0.29) is 12.6 Å². The first kappa shape index (κ1) is 21.8. The van der Waals surface area contributed by atoms with Gasteiger partial charge in [0.1, 0.15) is 0 Å². The quantitative estimate of drug-likeness (QED) is 0.592. The van der Waals surface area contributed by atoms with Crippen LogP contribution in [0.15, 0.2) is 71.8 Å². The van der Waals surface area contributed by atoms with E-state index in [0.717, 1.165) is 40.2 Å². The van der Waals surface area contributed by atoms with Crippen molar-refractivity contribution in [3.8, 4) is 0 Å². The van der Waals surface area contributed by atoms with Crippen LogP contribution in [-0.4, -0.2) is 47.3 Å². The van der Waals surface area contributed by atoms with Crippen molar-refractivity contribution in [3.05, 3.63) is 71.8 Å². The number of para-hydroxylation sites is 2. The van der Waals surface area contributed by atoms with Gasteiger partial charge in [0.2, 0.25) is 10.0 Å².